The maximum atomic E-state index is 5.47. The topological polar surface area (TPSA) is 50.4 Å². The smallest absolute Gasteiger partial charge is 0.111 e. The minimum absolute atomic E-state index is 0.281. The summed E-state index contributed by atoms with van der Waals surface area (Å²) < 4.78 is 0. The van der Waals surface area contributed by atoms with Crippen molar-refractivity contribution in [3.05, 3.63) is 0 Å². The molecule has 0 fully saturated rings. The summed E-state index contributed by atoms with van der Waals surface area (Å²) in [5, 5.41) is 3.18. The molecule has 0 saturated heterocycles. The van der Waals surface area contributed by atoms with Gasteiger partial charge in [0, 0.05) is 6.54 Å². The minimum atomic E-state index is 0.281. The fraction of sp³-hybridized carbons (Fsp3) is 0.800. The van der Waals surface area contributed by atoms with Crippen molar-refractivity contribution in [2.75, 3.05) is 13.1 Å². The van der Waals surface area contributed by atoms with Crippen LogP contribution in [0.2, 0.25) is 0 Å². The maximum absolute atomic E-state index is 5.47. The van der Waals surface area contributed by atoms with E-state index in [1.165, 1.54) is 0 Å². The summed E-state index contributed by atoms with van der Waals surface area (Å²) >= 11 is 0. The fourth-order valence-electron chi connectivity index (χ4n) is 0.708. The van der Waals surface area contributed by atoms with Crippen LogP contribution in [0.4, 0.5) is 0 Å². The predicted molar refractivity (Wildman–Crippen MR) is 34.0 cm³/mol. The highest BCUT2D eigenvalue weighted by Gasteiger charge is 2.07. The Hall–Kier alpha value is -0.570. The summed E-state index contributed by atoms with van der Waals surface area (Å²) in [4.78, 5) is 4.04. The van der Waals surface area contributed by atoms with Crippen molar-refractivity contribution in [1.82, 2.24) is 5.32 Å². The maximum Gasteiger partial charge on any atom is 0.111 e. The van der Waals surface area contributed by atoms with Crippen LogP contribution in [0.1, 0.15) is 6.92 Å². The van der Waals surface area contributed by atoms with Crippen LogP contribution in [-0.2, 0) is 0 Å². The van der Waals surface area contributed by atoms with Gasteiger partial charge in [-0.1, -0.05) is 0 Å². The standard InChI is InChI=1S/C5H11N3/c1-4-5(6)8-3-2-7-4/h4,7H,2-3H2,1H3,(H2,6,8). The van der Waals surface area contributed by atoms with Gasteiger partial charge in [0.2, 0.25) is 0 Å². The number of nitrogens with one attached hydrogen (secondary N) is 1. The van der Waals surface area contributed by atoms with E-state index in [2.05, 4.69) is 10.3 Å². The summed E-state index contributed by atoms with van der Waals surface area (Å²) in [6.45, 7) is 3.80. The van der Waals surface area contributed by atoms with E-state index >= 15 is 0 Å². The van der Waals surface area contributed by atoms with Crippen LogP contribution < -0.4 is 11.1 Å². The monoisotopic (exact) mass is 113 g/mol. The fourth-order valence-corrected chi connectivity index (χ4v) is 0.708. The van der Waals surface area contributed by atoms with Crippen LogP contribution in [0.25, 0.3) is 0 Å². The average molecular weight is 113 g/mol. The van der Waals surface area contributed by atoms with Crippen molar-refractivity contribution in [2.24, 2.45) is 10.7 Å². The van der Waals surface area contributed by atoms with Gasteiger partial charge in [0.1, 0.15) is 5.84 Å². The highest BCUT2D eigenvalue weighted by atomic mass is 15.0. The molecule has 1 unspecified atom stereocenters. The lowest BCUT2D eigenvalue weighted by Gasteiger charge is -2.16. The van der Waals surface area contributed by atoms with E-state index in [1.54, 1.807) is 0 Å². The van der Waals surface area contributed by atoms with Crippen LogP contribution in [0.3, 0.4) is 0 Å². The van der Waals surface area contributed by atoms with E-state index in [1.807, 2.05) is 6.92 Å². The van der Waals surface area contributed by atoms with Crippen molar-refractivity contribution in [3.8, 4) is 0 Å². The largest absolute Gasteiger partial charge is 0.386 e. The zero-order valence-corrected chi connectivity index (χ0v) is 5.02. The molecule has 8 heavy (non-hydrogen) atoms. The molecule has 1 rings (SSSR count). The lowest BCUT2D eigenvalue weighted by Crippen LogP contribution is -2.43. The molecule has 1 atom stereocenters. The Kier molecular flexibility index (Phi) is 1.48. The van der Waals surface area contributed by atoms with E-state index in [0.29, 0.717) is 0 Å². The van der Waals surface area contributed by atoms with Crippen molar-refractivity contribution >= 4 is 5.84 Å². The molecule has 0 saturated carbocycles. The van der Waals surface area contributed by atoms with Crippen LogP contribution >= 0.6 is 0 Å². The van der Waals surface area contributed by atoms with E-state index in [4.69, 9.17) is 5.73 Å². The summed E-state index contributed by atoms with van der Waals surface area (Å²) in [5.74, 6) is 0.733. The third-order valence-corrected chi connectivity index (χ3v) is 1.30. The number of hydrogen-bond donors (Lipinski definition) is 2. The second-order valence-corrected chi connectivity index (χ2v) is 1.98. The Balaban J connectivity index is 2.53. The number of nitrogens with two attached hydrogens (primary N) is 1. The Bertz CT molecular complexity index is 108. The molecular weight excluding hydrogens is 102 g/mol. The van der Waals surface area contributed by atoms with Gasteiger partial charge in [0.25, 0.3) is 0 Å². The molecule has 3 N–H and O–H groups in total. The molecule has 3 nitrogen and oxygen atoms in total. The van der Waals surface area contributed by atoms with Gasteiger partial charge in [-0.05, 0) is 6.92 Å². The van der Waals surface area contributed by atoms with Crippen LogP contribution in [0.15, 0.2) is 4.99 Å². The molecule has 0 bridgehead atoms. The van der Waals surface area contributed by atoms with Crippen molar-refractivity contribution in [1.29, 1.82) is 0 Å². The molecule has 0 amide bonds. The van der Waals surface area contributed by atoms with Gasteiger partial charge < -0.3 is 11.1 Å². The Labute approximate surface area is 49.0 Å². The molecule has 0 aliphatic carbocycles. The third-order valence-electron chi connectivity index (χ3n) is 1.30. The normalized spacial score (nSPS) is 29.6. The van der Waals surface area contributed by atoms with Gasteiger partial charge in [-0.2, -0.15) is 0 Å². The second kappa shape index (κ2) is 2.13. The SMILES string of the molecule is CC1NCCN=C1N. The highest BCUT2D eigenvalue weighted by molar-refractivity contribution is 5.85. The molecule has 3 heteroatoms. The summed E-state index contributed by atoms with van der Waals surface area (Å²) in [6, 6.07) is 0.281. The van der Waals surface area contributed by atoms with E-state index < -0.39 is 0 Å². The molecule has 0 aromatic carbocycles. The van der Waals surface area contributed by atoms with Crippen LogP contribution in [0.5, 0.6) is 0 Å². The molecular formula is C5H11N3. The van der Waals surface area contributed by atoms with E-state index in [0.717, 1.165) is 18.9 Å². The molecule has 0 spiro atoms. The summed E-state index contributed by atoms with van der Waals surface area (Å²) in [6.07, 6.45) is 0. The van der Waals surface area contributed by atoms with Gasteiger partial charge in [-0.3, -0.25) is 4.99 Å². The molecule has 0 radical (unpaired) electrons. The molecule has 46 valence electrons. The first kappa shape index (κ1) is 5.56. The number of nitrogens with zero attached hydrogens (tertiary/aromatic N) is 1. The number of amidine groups is 1. The molecule has 1 aliphatic rings. The predicted octanol–water partition coefficient (Wildman–Crippen LogP) is -0.665. The molecule has 0 aromatic rings. The van der Waals surface area contributed by atoms with Gasteiger partial charge in [0.15, 0.2) is 0 Å². The first-order chi connectivity index (χ1) is 3.80. The van der Waals surface area contributed by atoms with Gasteiger partial charge in [0.05, 0.1) is 12.6 Å². The lowest BCUT2D eigenvalue weighted by atomic mass is 10.3. The third kappa shape index (κ3) is 0.980. The zero-order valence-electron chi connectivity index (χ0n) is 5.02. The first-order valence-corrected chi connectivity index (χ1v) is 2.84. The quantitative estimate of drug-likeness (QED) is 0.438. The van der Waals surface area contributed by atoms with Gasteiger partial charge in [-0.15, -0.1) is 0 Å². The average Bonchev–Trinajstić information content (AvgIpc) is 1.77. The van der Waals surface area contributed by atoms with Crippen molar-refractivity contribution in [3.63, 3.8) is 0 Å². The first-order valence-electron chi connectivity index (χ1n) is 2.84. The van der Waals surface area contributed by atoms with E-state index in [9.17, 15) is 0 Å². The van der Waals surface area contributed by atoms with Gasteiger partial charge >= 0.3 is 0 Å². The highest BCUT2D eigenvalue weighted by Crippen LogP contribution is 1.87. The van der Waals surface area contributed by atoms with Crippen LogP contribution in [0, 0.1) is 0 Å². The summed E-state index contributed by atoms with van der Waals surface area (Å²) in [5.41, 5.74) is 5.47. The van der Waals surface area contributed by atoms with E-state index in [-0.39, 0.29) is 6.04 Å². The number of rotatable bonds is 0. The summed E-state index contributed by atoms with van der Waals surface area (Å²) in [7, 11) is 0. The molecule has 1 heterocycles. The van der Waals surface area contributed by atoms with Crippen LogP contribution in [-0.4, -0.2) is 25.0 Å². The number of aliphatic imine (C=N–C) groups is 1. The van der Waals surface area contributed by atoms with Crippen molar-refractivity contribution in [2.45, 2.75) is 13.0 Å². The van der Waals surface area contributed by atoms with Gasteiger partial charge in [-0.25, -0.2) is 0 Å². The van der Waals surface area contributed by atoms with Crippen molar-refractivity contribution < 1.29 is 0 Å². The molecule has 1 aliphatic heterocycles. The Morgan fingerprint density at radius 3 is 3.00 bits per heavy atom. The minimum Gasteiger partial charge on any atom is -0.386 e. The molecule has 0 aromatic heterocycles. The Morgan fingerprint density at radius 1 is 1.88 bits per heavy atom. The second-order valence-electron chi connectivity index (χ2n) is 1.98. The lowest BCUT2D eigenvalue weighted by molar-refractivity contribution is 0.628. The zero-order chi connectivity index (χ0) is 5.98. The number of hydrogen-bond acceptors (Lipinski definition) is 3. The Morgan fingerprint density at radius 2 is 2.62 bits per heavy atom.